The maximum absolute atomic E-state index is 12.1. The molecule has 3 heteroatoms. The second-order valence-corrected chi connectivity index (χ2v) is 7.11. The summed E-state index contributed by atoms with van der Waals surface area (Å²) in [6.45, 7) is 6.44. The van der Waals surface area contributed by atoms with Gasteiger partial charge in [0.1, 0.15) is 5.75 Å². The third-order valence-electron chi connectivity index (χ3n) is 4.70. The van der Waals surface area contributed by atoms with Gasteiger partial charge in [0.15, 0.2) is 0 Å². The first-order valence-corrected chi connectivity index (χ1v) is 7.74. The van der Waals surface area contributed by atoms with Crippen LogP contribution in [0.1, 0.15) is 64.0 Å². The van der Waals surface area contributed by atoms with E-state index in [1.165, 1.54) is 0 Å². The SMILES string of the molecule is COc1ccc(C(C)(C)C)cc1C1(C(=O)O)CCCCC1. The number of methoxy groups -OCH3 is 1. The molecule has 2 rings (SSSR count). The number of carboxylic acids is 1. The van der Waals surface area contributed by atoms with Crippen molar-refractivity contribution in [3.8, 4) is 5.75 Å². The van der Waals surface area contributed by atoms with E-state index < -0.39 is 11.4 Å². The van der Waals surface area contributed by atoms with E-state index >= 15 is 0 Å². The highest BCUT2D eigenvalue weighted by Crippen LogP contribution is 2.44. The average molecular weight is 290 g/mol. The Kier molecular flexibility index (Phi) is 4.31. The molecule has 1 aliphatic carbocycles. The van der Waals surface area contributed by atoms with Crippen LogP contribution in [0.2, 0.25) is 0 Å². The topological polar surface area (TPSA) is 46.5 Å². The van der Waals surface area contributed by atoms with Crippen LogP contribution < -0.4 is 4.74 Å². The van der Waals surface area contributed by atoms with Crippen molar-refractivity contribution in [3.63, 3.8) is 0 Å². The van der Waals surface area contributed by atoms with Gasteiger partial charge in [-0.3, -0.25) is 4.79 Å². The van der Waals surface area contributed by atoms with Crippen molar-refractivity contribution in [1.29, 1.82) is 0 Å². The third kappa shape index (κ3) is 2.92. The minimum atomic E-state index is -0.787. The maximum atomic E-state index is 12.1. The van der Waals surface area contributed by atoms with E-state index in [0.29, 0.717) is 18.6 Å². The summed E-state index contributed by atoms with van der Waals surface area (Å²) in [7, 11) is 1.62. The van der Waals surface area contributed by atoms with E-state index in [1.54, 1.807) is 7.11 Å². The molecule has 0 radical (unpaired) electrons. The Morgan fingerprint density at radius 1 is 1.19 bits per heavy atom. The zero-order valence-corrected chi connectivity index (χ0v) is 13.5. The Hall–Kier alpha value is -1.51. The molecule has 1 fully saturated rings. The van der Waals surface area contributed by atoms with Crippen LogP contribution in [0.4, 0.5) is 0 Å². The highest BCUT2D eigenvalue weighted by atomic mass is 16.5. The van der Waals surface area contributed by atoms with Crippen LogP contribution >= 0.6 is 0 Å². The number of aliphatic carboxylic acids is 1. The molecular weight excluding hydrogens is 264 g/mol. The van der Waals surface area contributed by atoms with Gasteiger partial charge in [0.2, 0.25) is 0 Å². The molecule has 3 nitrogen and oxygen atoms in total. The largest absolute Gasteiger partial charge is 0.496 e. The molecular formula is C18H26O3. The highest BCUT2D eigenvalue weighted by molar-refractivity contribution is 5.82. The molecule has 0 saturated heterocycles. The van der Waals surface area contributed by atoms with Crippen LogP contribution in [0, 0.1) is 0 Å². The molecule has 0 spiro atoms. The summed E-state index contributed by atoms with van der Waals surface area (Å²) in [5.41, 5.74) is 1.22. The summed E-state index contributed by atoms with van der Waals surface area (Å²) < 4.78 is 5.48. The lowest BCUT2D eigenvalue weighted by Gasteiger charge is -2.35. The molecule has 0 amide bonds. The summed E-state index contributed by atoms with van der Waals surface area (Å²) in [4.78, 5) is 12.1. The fourth-order valence-corrected chi connectivity index (χ4v) is 3.30. The molecule has 1 N–H and O–H groups in total. The molecule has 0 heterocycles. The van der Waals surface area contributed by atoms with Gasteiger partial charge < -0.3 is 9.84 Å². The van der Waals surface area contributed by atoms with Crippen LogP contribution in [-0.2, 0) is 15.6 Å². The summed E-state index contributed by atoms with van der Waals surface area (Å²) >= 11 is 0. The van der Waals surface area contributed by atoms with Crippen LogP contribution in [0.5, 0.6) is 5.75 Å². The summed E-state index contributed by atoms with van der Waals surface area (Å²) in [6.07, 6.45) is 4.46. The van der Waals surface area contributed by atoms with E-state index in [4.69, 9.17) is 4.74 Å². The predicted molar refractivity (Wildman–Crippen MR) is 84.1 cm³/mol. The fraction of sp³-hybridized carbons (Fsp3) is 0.611. The molecule has 1 aromatic rings. The summed E-state index contributed by atoms with van der Waals surface area (Å²) in [5.74, 6) is -0.0149. The van der Waals surface area contributed by atoms with Crippen molar-refractivity contribution in [2.75, 3.05) is 7.11 Å². The minimum Gasteiger partial charge on any atom is -0.496 e. The predicted octanol–water partition coefficient (Wildman–Crippen LogP) is 4.28. The fourth-order valence-electron chi connectivity index (χ4n) is 3.30. The van der Waals surface area contributed by atoms with Crippen LogP contribution in [0.3, 0.4) is 0 Å². The molecule has 1 aromatic carbocycles. The number of ether oxygens (including phenoxy) is 1. The zero-order chi connectivity index (χ0) is 15.7. The van der Waals surface area contributed by atoms with Crippen LogP contribution in [0.25, 0.3) is 0 Å². The number of carboxylic acid groups (broad SMARTS) is 1. The lowest BCUT2D eigenvalue weighted by molar-refractivity contribution is -0.145. The van der Waals surface area contributed by atoms with Gasteiger partial charge in [-0.05, 0) is 29.9 Å². The van der Waals surface area contributed by atoms with Crippen molar-refractivity contribution in [2.45, 2.75) is 63.7 Å². The Labute approximate surface area is 127 Å². The molecule has 0 bridgehead atoms. The number of rotatable bonds is 3. The normalized spacial score (nSPS) is 18.3. The Morgan fingerprint density at radius 3 is 2.29 bits per heavy atom. The van der Waals surface area contributed by atoms with Gasteiger partial charge in [-0.15, -0.1) is 0 Å². The lowest BCUT2D eigenvalue weighted by Crippen LogP contribution is -2.38. The summed E-state index contributed by atoms with van der Waals surface area (Å²) in [6, 6.07) is 6.02. The van der Waals surface area contributed by atoms with Crippen LogP contribution in [-0.4, -0.2) is 18.2 Å². The van der Waals surface area contributed by atoms with Gasteiger partial charge in [-0.1, -0.05) is 52.2 Å². The number of hydrogen-bond acceptors (Lipinski definition) is 2. The molecule has 0 aliphatic heterocycles. The molecule has 0 unspecified atom stereocenters. The van der Waals surface area contributed by atoms with Crippen molar-refractivity contribution in [2.24, 2.45) is 0 Å². The van der Waals surface area contributed by atoms with E-state index in [-0.39, 0.29) is 5.41 Å². The third-order valence-corrected chi connectivity index (χ3v) is 4.70. The Balaban J connectivity index is 2.60. The molecule has 1 saturated carbocycles. The minimum absolute atomic E-state index is 0.00458. The average Bonchev–Trinajstić information content (AvgIpc) is 2.46. The molecule has 21 heavy (non-hydrogen) atoms. The monoisotopic (exact) mass is 290 g/mol. The van der Waals surface area contributed by atoms with E-state index in [0.717, 1.165) is 30.4 Å². The number of benzene rings is 1. The first-order chi connectivity index (χ1) is 9.81. The van der Waals surface area contributed by atoms with Crippen LogP contribution in [0.15, 0.2) is 18.2 Å². The van der Waals surface area contributed by atoms with Gasteiger partial charge in [0.25, 0.3) is 0 Å². The second kappa shape index (κ2) is 5.70. The van der Waals surface area contributed by atoms with Crippen molar-refractivity contribution in [1.82, 2.24) is 0 Å². The lowest BCUT2D eigenvalue weighted by atomic mass is 9.68. The molecule has 0 aromatic heterocycles. The molecule has 0 atom stereocenters. The van der Waals surface area contributed by atoms with Gasteiger partial charge in [0, 0.05) is 5.56 Å². The number of carbonyl (C=O) groups is 1. The van der Waals surface area contributed by atoms with Gasteiger partial charge >= 0.3 is 5.97 Å². The standard InChI is InChI=1S/C18H26O3/c1-17(2,3)13-8-9-15(21-4)14(12-13)18(16(19)20)10-6-5-7-11-18/h8-9,12H,5-7,10-11H2,1-4H3,(H,19,20). The smallest absolute Gasteiger partial charge is 0.314 e. The van der Waals surface area contributed by atoms with Gasteiger partial charge in [-0.2, -0.15) is 0 Å². The number of hydrogen-bond donors (Lipinski definition) is 1. The quantitative estimate of drug-likeness (QED) is 0.903. The van der Waals surface area contributed by atoms with E-state index in [2.05, 4.69) is 26.8 Å². The van der Waals surface area contributed by atoms with Crippen molar-refractivity contribution < 1.29 is 14.6 Å². The second-order valence-electron chi connectivity index (χ2n) is 7.11. The first kappa shape index (κ1) is 15.9. The molecule has 1 aliphatic rings. The zero-order valence-electron chi connectivity index (χ0n) is 13.5. The van der Waals surface area contributed by atoms with Gasteiger partial charge in [0.05, 0.1) is 12.5 Å². The Morgan fingerprint density at radius 2 is 1.81 bits per heavy atom. The molecule has 116 valence electrons. The van der Waals surface area contributed by atoms with Crippen molar-refractivity contribution >= 4 is 5.97 Å². The maximum Gasteiger partial charge on any atom is 0.314 e. The van der Waals surface area contributed by atoms with E-state index in [1.807, 2.05) is 12.1 Å². The van der Waals surface area contributed by atoms with Gasteiger partial charge in [-0.25, -0.2) is 0 Å². The Bertz CT molecular complexity index is 520. The highest BCUT2D eigenvalue weighted by Gasteiger charge is 2.43. The van der Waals surface area contributed by atoms with Crippen molar-refractivity contribution in [3.05, 3.63) is 29.3 Å². The first-order valence-electron chi connectivity index (χ1n) is 7.74. The van der Waals surface area contributed by atoms with E-state index in [9.17, 15) is 9.90 Å². The summed E-state index contributed by atoms with van der Waals surface area (Å²) in [5, 5.41) is 9.90.